The highest BCUT2D eigenvalue weighted by molar-refractivity contribution is 5.78. The maximum Gasteiger partial charge on any atom is 0.236 e. The second-order valence-corrected chi connectivity index (χ2v) is 7.75. The van der Waals surface area contributed by atoms with E-state index in [1.165, 1.54) is 0 Å². The number of hydrogen-bond acceptors (Lipinski definition) is 6. The molecule has 1 atom stereocenters. The van der Waals surface area contributed by atoms with E-state index in [2.05, 4.69) is 9.88 Å². The Labute approximate surface area is 171 Å². The molecule has 7 heteroatoms. The summed E-state index contributed by atoms with van der Waals surface area (Å²) in [7, 11) is 0. The van der Waals surface area contributed by atoms with Gasteiger partial charge in [0.1, 0.15) is 0 Å². The van der Waals surface area contributed by atoms with Gasteiger partial charge in [0.05, 0.1) is 44.0 Å². The smallest absolute Gasteiger partial charge is 0.236 e. The van der Waals surface area contributed by atoms with Crippen molar-refractivity contribution >= 4 is 5.91 Å². The summed E-state index contributed by atoms with van der Waals surface area (Å²) in [5.74, 6) is 0.475. The molecule has 7 nitrogen and oxygen atoms in total. The zero-order chi connectivity index (χ0) is 20.1. The maximum atomic E-state index is 12.6. The van der Waals surface area contributed by atoms with E-state index in [0.717, 1.165) is 48.4 Å². The average Bonchev–Trinajstić information content (AvgIpc) is 2.80. The molecule has 4 rings (SSSR count). The van der Waals surface area contributed by atoms with Gasteiger partial charge in [-0.05, 0) is 24.9 Å². The minimum absolute atomic E-state index is 0.0348. The van der Waals surface area contributed by atoms with Crippen molar-refractivity contribution < 1.29 is 14.6 Å². The van der Waals surface area contributed by atoms with Gasteiger partial charge in [-0.1, -0.05) is 24.3 Å². The van der Waals surface area contributed by atoms with Crippen LogP contribution >= 0.6 is 0 Å². The zero-order valence-corrected chi connectivity index (χ0v) is 16.7. The van der Waals surface area contributed by atoms with E-state index in [0.29, 0.717) is 32.8 Å². The molecule has 2 aliphatic rings. The predicted octanol–water partition coefficient (Wildman–Crippen LogP) is 1.67. The number of carbonyl (C=O) groups excluding carboxylic acids is 1. The molecule has 3 heterocycles. The summed E-state index contributed by atoms with van der Waals surface area (Å²) in [5.41, 5.74) is 3.70. The van der Waals surface area contributed by atoms with Crippen molar-refractivity contribution in [2.75, 3.05) is 45.9 Å². The van der Waals surface area contributed by atoms with Crippen molar-refractivity contribution in [2.24, 2.45) is 0 Å². The normalized spacial score (nSPS) is 20.6. The van der Waals surface area contributed by atoms with Gasteiger partial charge in [-0.15, -0.1) is 0 Å². The van der Waals surface area contributed by atoms with Gasteiger partial charge >= 0.3 is 0 Å². The number of aromatic nitrogens is 2. The minimum Gasteiger partial charge on any atom is -0.392 e. The number of carbonyl (C=O) groups is 1. The predicted molar refractivity (Wildman–Crippen MR) is 109 cm³/mol. The molecule has 2 aliphatic heterocycles. The van der Waals surface area contributed by atoms with Crippen LogP contribution < -0.4 is 0 Å². The van der Waals surface area contributed by atoms with Crippen LogP contribution in [-0.4, -0.2) is 76.7 Å². The molecule has 0 spiro atoms. The summed E-state index contributed by atoms with van der Waals surface area (Å²) < 4.78 is 5.34. The second-order valence-electron chi connectivity index (χ2n) is 7.75. The molecule has 0 radical (unpaired) electrons. The summed E-state index contributed by atoms with van der Waals surface area (Å²) in [5, 5.41) is 9.22. The molecule has 0 saturated carbocycles. The number of morpholine rings is 1. The molecule has 2 fully saturated rings. The van der Waals surface area contributed by atoms with E-state index in [9.17, 15) is 9.90 Å². The lowest BCUT2D eigenvalue weighted by Crippen LogP contribution is -2.47. The molecule has 1 N–H and O–H groups in total. The highest BCUT2D eigenvalue weighted by Gasteiger charge is 2.26. The number of benzene rings is 1. The number of ether oxygens (including phenoxy) is 1. The molecule has 2 aromatic rings. The van der Waals surface area contributed by atoms with Crippen LogP contribution in [-0.2, 0) is 16.1 Å². The van der Waals surface area contributed by atoms with E-state index < -0.39 is 0 Å². The van der Waals surface area contributed by atoms with Gasteiger partial charge in [0.2, 0.25) is 5.91 Å². The minimum atomic E-state index is 0.0348. The molecule has 1 aromatic carbocycles. The molecule has 154 valence electrons. The van der Waals surface area contributed by atoms with Crippen molar-refractivity contribution in [1.82, 2.24) is 19.8 Å². The first-order valence-corrected chi connectivity index (χ1v) is 10.3. The molecule has 1 amide bonds. The Hall–Kier alpha value is -2.35. The standard InChI is InChI=1S/C22H28N4O3/c27-16-17-3-5-18(6-4-17)20-12-23-13-21(24-20)19-2-1-7-25(14-19)15-22(28)26-8-10-29-11-9-26/h3-6,12-13,19,27H,1-2,7-11,14-16H2/t19-/m1/s1. The average molecular weight is 396 g/mol. The SMILES string of the molecule is O=C(CN1CCC[C@@H](c2cncc(-c3ccc(CO)cc3)n2)C1)N1CCOCC1. The second kappa shape index (κ2) is 9.43. The lowest BCUT2D eigenvalue weighted by molar-refractivity contribution is -0.136. The Bertz CT molecular complexity index is 821. The highest BCUT2D eigenvalue weighted by Crippen LogP contribution is 2.27. The molecule has 2 saturated heterocycles. The van der Waals surface area contributed by atoms with Crippen LogP contribution in [0.2, 0.25) is 0 Å². The largest absolute Gasteiger partial charge is 0.392 e. The van der Waals surface area contributed by atoms with E-state index in [1.54, 1.807) is 6.20 Å². The number of rotatable bonds is 5. The molecular formula is C22H28N4O3. The number of amides is 1. The van der Waals surface area contributed by atoms with Crippen LogP contribution in [0.4, 0.5) is 0 Å². The Balaban J connectivity index is 1.41. The zero-order valence-electron chi connectivity index (χ0n) is 16.7. The van der Waals surface area contributed by atoms with Gasteiger partial charge in [-0.25, -0.2) is 4.98 Å². The Kier molecular flexibility index (Phi) is 6.49. The number of hydrogen-bond donors (Lipinski definition) is 1. The summed E-state index contributed by atoms with van der Waals surface area (Å²) in [6.45, 7) is 4.93. The van der Waals surface area contributed by atoms with Crippen LogP contribution in [0.5, 0.6) is 0 Å². The van der Waals surface area contributed by atoms with Gasteiger partial charge in [0.25, 0.3) is 0 Å². The fourth-order valence-electron chi connectivity index (χ4n) is 4.04. The molecule has 1 aromatic heterocycles. The van der Waals surface area contributed by atoms with Crippen LogP contribution in [0.1, 0.15) is 30.0 Å². The third-order valence-corrected chi connectivity index (χ3v) is 5.73. The Morgan fingerprint density at radius 3 is 2.69 bits per heavy atom. The third kappa shape index (κ3) is 4.98. The number of likely N-dealkylation sites (tertiary alicyclic amines) is 1. The first-order valence-electron chi connectivity index (χ1n) is 10.3. The number of aliphatic hydroxyl groups excluding tert-OH is 1. The topological polar surface area (TPSA) is 78.8 Å². The molecule has 0 bridgehead atoms. The van der Waals surface area contributed by atoms with E-state index >= 15 is 0 Å². The maximum absolute atomic E-state index is 12.6. The van der Waals surface area contributed by atoms with Crippen molar-refractivity contribution in [3.05, 3.63) is 47.9 Å². The van der Waals surface area contributed by atoms with Crippen molar-refractivity contribution in [2.45, 2.75) is 25.4 Å². The fourth-order valence-corrected chi connectivity index (χ4v) is 4.04. The summed E-state index contributed by atoms with van der Waals surface area (Å²) in [6, 6.07) is 7.74. The molecule has 0 unspecified atom stereocenters. The molecule has 0 aliphatic carbocycles. The van der Waals surface area contributed by atoms with Crippen molar-refractivity contribution in [3.8, 4) is 11.3 Å². The highest BCUT2D eigenvalue weighted by atomic mass is 16.5. The number of aliphatic hydroxyl groups is 1. The first-order chi connectivity index (χ1) is 14.2. The van der Waals surface area contributed by atoms with Gasteiger partial charge in [0, 0.05) is 37.3 Å². The third-order valence-electron chi connectivity index (χ3n) is 5.73. The number of nitrogens with zero attached hydrogens (tertiary/aromatic N) is 4. The lowest BCUT2D eigenvalue weighted by atomic mass is 9.94. The van der Waals surface area contributed by atoms with Crippen LogP contribution in [0.15, 0.2) is 36.7 Å². The summed E-state index contributed by atoms with van der Waals surface area (Å²) in [4.78, 5) is 26.0. The monoisotopic (exact) mass is 396 g/mol. The fraction of sp³-hybridized carbons (Fsp3) is 0.500. The van der Waals surface area contributed by atoms with Gasteiger partial charge in [-0.2, -0.15) is 0 Å². The van der Waals surface area contributed by atoms with Crippen LogP contribution in [0, 0.1) is 0 Å². The van der Waals surface area contributed by atoms with E-state index in [4.69, 9.17) is 9.72 Å². The van der Waals surface area contributed by atoms with Gasteiger partial charge < -0.3 is 14.7 Å². The summed E-state index contributed by atoms with van der Waals surface area (Å²) in [6.07, 6.45) is 5.74. The molecular weight excluding hydrogens is 368 g/mol. The summed E-state index contributed by atoms with van der Waals surface area (Å²) >= 11 is 0. The Morgan fingerprint density at radius 2 is 1.93 bits per heavy atom. The first kappa shape index (κ1) is 19.9. The number of piperidine rings is 1. The van der Waals surface area contributed by atoms with Crippen molar-refractivity contribution in [3.63, 3.8) is 0 Å². The molecule has 29 heavy (non-hydrogen) atoms. The van der Waals surface area contributed by atoms with Crippen LogP contribution in [0.3, 0.4) is 0 Å². The van der Waals surface area contributed by atoms with Crippen LogP contribution in [0.25, 0.3) is 11.3 Å². The van der Waals surface area contributed by atoms with Gasteiger partial charge in [0.15, 0.2) is 0 Å². The van der Waals surface area contributed by atoms with E-state index in [-0.39, 0.29) is 18.4 Å². The Morgan fingerprint density at radius 1 is 1.14 bits per heavy atom. The van der Waals surface area contributed by atoms with Crippen molar-refractivity contribution in [1.29, 1.82) is 0 Å². The van der Waals surface area contributed by atoms with Gasteiger partial charge in [-0.3, -0.25) is 14.7 Å². The lowest BCUT2D eigenvalue weighted by Gasteiger charge is -2.34. The quantitative estimate of drug-likeness (QED) is 0.828. The van der Waals surface area contributed by atoms with E-state index in [1.807, 2.05) is 35.4 Å².